The summed E-state index contributed by atoms with van der Waals surface area (Å²) in [4.78, 5) is 2.85. The standard InChI is InChI=1S/C14H23NOS/c1-14(2,3)12-6-5-11(17-12)13-10(9-15-4)7-8-16-13/h5-6,10,13,15H,7-9H2,1-4H3. The molecule has 2 unspecified atom stereocenters. The summed E-state index contributed by atoms with van der Waals surface area (Å²) in [5.41, 5.74) is 0.250. The van der Waals surface area contributed by atoms with Crippen molar-refractivity contribution >= 4 is 11.3 Å². The summed E-state index contributed by atoms with van der Waals surface area (Å²) in [7, 11) is 2.02. The first kappa shape index (κ1) is 13.1. The molecule has 0 bridgehead atoms. The molecule has 2 heterocycles. The fourth-order valence-electron chi connectivity index (χ4n) is 2.33. The van der Waals surface area contributed by atoms with Gasteiger partial charge in [0.25, 0.3) is 0 Å². The van der Waals surface area contributed by atoms with Crippen molar-refractivity contribution in [3.63, 3.8) is 0 Å². The molecule has 1 aromatic rings. The lowest BCUT2D eigenvalue weighted by Crippen LogP contribution is -2.20. The zero-order valence-corrected chi connectivity index (χ0v) is 12.1. The van der Waals surface area contributed by atoms with Crippen LogP contribution in [0.1, 0.15) is 43.1 Å². The van der Waals surface area contributed by atoms with E-state index in [1.165, 1.54) is 16.2 Å². The van der Waals surface area contributed by atoms with Crippen molar-refractivity contribution in [1.82, 2.24) is 5.32 Å². The van der Waals surface area contributed by atoms with Crippen molar-refractivity contribution < 1.29 is 4.74 Å². The molecule has 0 spiro atoms. The molecular formula is C14H23NOS. The molecule has 1 fully saturated rings. The van der Waals surface area contributed by atoms with E-state index in [2.05, 4.69) is 38.2 Å². The molecule has 96 valence electrons. The van der Waals surface area contributed by atoms with Crippen LogP contribution < -0.4 is 5.32 Å². The third-order valence-corrected chi connectivity index (χ3v) is 4.90. The first-order valence-electron chi connectivity index (χ1n) is 6.39. The average molecular weight is 253 g/mol. The highest BCUT2D eigenvalue weighted by atomic mass is 32.1. The Kier molecular flexibility index (Phi) is 3.91. The first-order chi connectivity index (χ1) is 8.02. The van der Waals surface area contributed by atoms with Gasteiger partial charge in [-0.2, -0.15) is 0 Å². The highest BCUT2D eigenvalue weighted by Gasteiger charge is 2.31. The van der Waals surface area contributed by atoms with Crippen LogP contribution in [0.15, 0.2) is 12.1 Å². The second-order valence-electron chi connectivity index (χ2n) is 5.85. The predicted molar refractivity (Wildman–Crippen MR) is 73.7 cm³/mol. The van der Waals surface area contributed by atoms with E-state index in [0.29, 0.717) is 12.0 Å². The highest BCUT2D eigenvalue weighted by molar-refractivity contribution is 7.12. The van der Waals surface area contributed by atoms with Crippen molar-refractivity contribution in [3.8, 4) is 0 Å². The van der Waals surface area contributed by atoms with E-state index in [9.17, 15) is 0 Å². The Labute approximate surface area is 108 Å². The van der Waals surface area contributed by atoms with Crippen molar-refractivity contribution in [3.05, 3.63) is 21.9 Å². The number of nitrogens with one attached hydrogen (secondary N) is 1. The molecule has 0 amide bonds. The lowest BCUT2D eigenvalue weighted by atomic mass is 9.95. The molecule has 3 heteroatoms. The van der Waals surface area contributed by atoms with Gasteiger partial charge in [-0.3, -0.25) is 0 Å². The third-order valence-electron chi connectivity index (χ3n) is 3.33. The minimum atomic E-state index is 0.250. The summed E-state index contributed by atoms with van der Waals surface area (Å²) in [5, 5.41) is 3.27. The predicted octanol–water partition coefficient (Wildman–Crippen LogP) is 3.34. The normalized spacial score (nSPS) is 25.4. The third kappa shape index (κ3) is 2.90. The van der Waals surface area contributed by atoms with Crippen molar-refractivity contribution in [2.24, 2.45) is 5.92 Å². The molecule has 0 radical (unpaired) electrons. The largest absolute Gasteiger partial charge is 0.372 e. The lowest BCUT2D eigenvalue weighted by Gasteiger charge is -2.18. The second kappa shape index (κ2) is 5.09. The molecule has 1 aliphatic rings. The minimum Gasteiger partial charge on any atom is -0.372 e. The molecule has 0 saturated carbocycles. The summed E-state index contributed by atoms with van der Waals surface area (Å²) in [6.45, 7) is 8.75. The van der Waals surface area contributed by atoms with Crippen molar-refractivity contribution in [2.45, 2.75) is 38.7 Å². The number of hydrogen-bond donors (Lipinski definition) is 1. The fourth-order valence-corrected chi connectivity index (χ4v) is 3.54. The Hall–Kier alpha value is -0.380. The van der Waals surface area contributed by atoms with E-state index in [-0.39, 0.29) is 5.41 Å². The molecule has 1 aromatic heterocycles. The van der Waals surface area contributed by atoms with E-state index < -0.39 is 0 Å². The van der Waals surface area contributed by atoms with Crippen LogP contribution >= 0.6 is 11.3 Å². The lowest BCUT2D eigenvalue weighted by molar-refractivity contribution is 0.0938. The maximum atomic E-state index is 5.90. The number of ether oxygens (including phenoxy) is 1. The molecule has 2 nitrogen and oxygen atoms in total. The number of thiophene rings is 1. The molecule has 0 aromatic carbocycles. The monoisotopic (exact) mass is 253 g/mol. The number of hydrogen-bond acceptors (Lipinski definition) is 3. The van der Waals surface area contributed by atoms with Gasteiger partial charge in [-0.05, 0) is 31.0 Å². The molecule has 1 N–H and O–H groups in total. The van der Waals surface area contributed by atoms with Crippen LogP contribution in [0, 0.1) is 5.92 Å². The van der Waals surface area contributed by atoms with Crippen LogP contribution in [0.5, 0.6) is 0 Å². The van der Waals surface area contributed by atoms with Gasteiger partial charge >= 0.3 is 0 Å². The maximum absolute atomic E-state index is 5.90. The number of rotatable bonds is 3. The van der Waals surface area contributed by atoms with Gasteiger partial charge < -0.3 is 10.1 Å². The summed E-state index contributed by atoms with van der Waals surface area (Å²) >= 11 is 1.91. The first-order valence-corrected chi connectivity index (χ1v) is 7.20. The summed E-state index contributed by atoms with van der Waals surface area (Å²) < 4.78 is 5.90. The van der Waals surface area contributed by atoms with Gasteiger partial charge in [0, 0.05) is 28.8 Å². The summed E-state index contributed by atoms with van der Waals surface area (Å²) in [6, 6.07) is 4.52. The van der Waals surface area contributed by atoms with Crippen LogP contribution in [-0.4, -0.2) is 20.2 Å². The van der Waals surface area contributed by atoms with E-state index in [1.807, 2.05) is 18.4 Å². The van der Waals surface area contributed by atoms with Crippen LogP contribution in [0.4, 0.5) is 0 Å². The summed E-state index contributed by atoms with van der Waals surface area (Å²) in [6.07, 6.45) is 1.48. The van der Waals surface area contributed by atoms with Gasteiger partial charge in [-0.15, -0.1) is 11.3 Å². The molecule has 17 heavy (non-hydrogen) atoms. The Morgan fingerprint density at radius 2 is 2.18 bits per heavy atom. The van der Waals surface area contributed by atoms with Gasteiger partial charge in [0.15, 0.2) is 0 Å². The van der Waals surface area contributed by atoms with Crippen molar-refractivity contribution in [1.29, 1.82) is 0 Å². The zero-order chi connectivity index (χ0) is 12.5. The Bertz CT molecular complexity index is 367. The highest BCUT2D eigenvalue weighted by Crippen LogP contribution is 2.40. The van der Waals surface area contributed by atoms with Crippen LogP contribution in [-0.2, 0) is 10.2 Å². The van der Waals surface area contributed by atoms with E-state index in [1.54, 1.807) is 0 Å². The van der Waals surface area contributed by atoms with Gasteiger partial charge in [-0.25, -0.2) is 0 Å². The van der Waals surface area contributed by atoms with Gasteiger partial charge in [0.05, 0.1) is 6.10 Å². The minimum absolute atomic E-state index is 0.250. The van der Waals surface area contributed by atoms with Crippen molar-refractivity contribution in [2.75, 3.05) is 20.2 Å². The molecule has 1 saturated heterocycles. The average Bonchev–Trinajstić information content (AvgIpc) is 2.82. The van der Waals surface area contributed by atoms with Gasteiger partial charge in [0.2, 0.25) is 0 Å². The molecule has 1 aliphatic heterocycles. The molecular weight excluding hydrogens is 230 g/mol. The van der Waals surface area contributed by atoms with Gasteiger partial charge in [-0.1, -0.05) is 20.8 Å². The smallest absolute Gasteiger partial charge is 0.0957 e. The van der Waals surface area contributed by atoms with Crippen LogP contribution in [0.25, 0.3) is 0 Å². The Balaban J connectivity index is 2.14. The van der Waals surface area contributed by atoms with Crippen LogP contribution in [0.2, 0.25) is 0 Å². The Morgan fingerprint density at radius 3 is 2.76 bits per heavy atom. The SMILES string of the molecule is CNCC1CCOC1c1ccc(C(C)(C)C)s1. The van der Waals surface area contributed by atoms with Gasteiger partial charge in [0.1, 0.15) is 0 Å². The Morgan fingerprint density at radius 1 is 1.41 bits per heavy atom. The summed E-state index contributed by atoms with van der Waals surface area (Å²) in [5.74, 6) is 0.631. The maximum Gasteiger partial charge on any atom is 0.0957 e. The fraction of sp³-hybridized carbons (Fsp3) is 0.714. The molecule has 2 rings (SSSR count). The van der Waals surface area contributed by atoms with E-state index in [4.69, 9.17) is 4.74 Å². The zero-order valence-electron chi connectivity index (χ0n) is 11.2. The van der Waals surface area contributed by atoms with E-state index in [0.717, 1.165) is 13.2 Å². The van der Waals surface area contributed by atoms with E-state index >= 15 is 0 Å². The topological polar surface area (TPSA) is 21.3 Å². The quantitative estimate of drug-likeness (QED) is 0.892. The molecule has 0 aliphatic carbocycles. The van der Waals surface area contributed by atoms with Crippen LogP contribution in [0.3, 0.4) is 0 Å². The second-order valence-corrected chi connectivity index (χ2v) is 6.97. The molecule has 2 atom stereocenters.